The van der Waals surface area contributed by atoms with Crippen molar-refractivity contribution in [3.63, 3.8) is 0 Å². The molecule has 34 heavy (non-hydrogen) atoms. The van der Waals surface area contributed by atoms with Crippen molar-refractivity contribution in [3.8, 4) is 0 Å². The second-order valence-electron chi connectivity index (χ2n) is 14.1. The van der Waals surface area contributed by atoms with Gasteiger partial charge in [0.2, 0.25) is 0 Å². The topological polar surface area (TPSA) is 38.8 Å². The van der Waals surface area contributed by atoms with Crippen molar-refractivity contribution in [2.45, 2.75) is 129 Å². The van der Waals surface area contributed by atoms with Crippen molar-refractivity contribution in [2.75, 3.05) is 5.88 Å². The van der Waals surface area contributed by atoms with E-state index in [1.807, 2.05) is 0 Å². The molecule has 4 aliphatic carbocycles. The SMILES string of the molecule is CC(=O)O[C@H]1CC[C@]2(C)C3CC[C@@]4(C)C(CC[C@@H]4[C@H](C)CCCC(C)C)C3C[C@]3(CCl)O[C@]32C1. The second-order valence-corrected chi connectivity index (χ2v) is 14.3. The van der Waals surface area contributed by atoms with Crippen LogP contribution in [0.3, 0.4) is 0 Å². The largest absolute Gasteiger partial charge is 0.462 e. The predicted molar refractivity (Wildman–Crippen MR) is 138 cm³/mol. The maximum Gasteiger partial charge on any atom is 0.302 e. The van der Waals surface area contributed by atoms with Gasteiger partial charge < -0.3 is 9.47 Å². The Morgan fingerprint density at radius 3 is 2.47 bits per heavy atom. The van der Waals surface area contributed by atoms with Gasteiger partial charge in [0, 0.05) is 18.8 Å². The Morgan fingerprint density at radius 1 is 1.03 bits per heavy atom. The van der Waals surface area contributed by atoms with Crippen LogP contribution in [0.25, 0.3) is 0 Å². The molecule has 0 amide bonds. The standard InChI is InChI=1S/C30H49ClO3/c1-19(2)8-7-9-20(3)24-10-11-25-23-17-29(18-31)30(34-29)16-22(33-21(4)32)12-15-28(30,6)26(23)13-14-27(24,25)5/h19-20,22-26H,7-18H2,1-6H3/t20-,22+,23?,24-,25?,26?,27-,28-,29-,30+/m1/s1. The average Bonchev–Trinajstić information content (AvgIpc) is 3.26. The maximum atomic E-state index is 11.7. The third kappa shape index (κ3) is 3.56. The van der Waals surface area contributed by atoms with Crippen LogP contribution >= 0.6 is 11.6 Å². The molecular weight excluding hydrogens is 444 g/mol. The van der Waals surface area contributed by atoms with E-state index in [4.69, 9.17) is 21.1 Å². The summed E-state index contributed by atoms with van der Waals surface area (Å²) in [5.41, 5.74) is 0.246. The number of alkyl halides is 1. The summed E-state index contributed by atoms with van der Waals surface area (Å²) in [6, 6.07) is 0. The molecule has 3 nitrogen and oxygen atoms in total. The fourth-order valence-corrected chi connectivity index (χ4v) is 10.9. The lowest BCUT2D eigenvalue weighted by atomic mass is 9.42. The van der Waals surface area contributed by atoms with Gasteiger partial charge in [-0.15, -0.1) is 11.6 Å². The third-order valence-electron chi connectivity index (χ3n) is 12.1. The number of rotatable bonds is 7. The van der Waals surface area contributed by atoms with E-state index in [0.717, 1.165) is 61.2 Å². The zero-order chi connectivity index (χ0) is 24.5. The summed E-state index contributed by atoms with van der Waals surface area (Å²) in [6.45, 7) is 14.0. The summed E-state index contributed by atoms with van der Waals surface area (Å²) in [5, 5.41) is 0. The highest BCUT2D eigenvalue weighted by Crippen LogP contribution is 2.78. The smallest absolute Gasteiger partial charge is 0.302 e. The monoisotopic (exact) mass is 492 g/mol. The van der Waals surface area contributed by atoms with Crippen LogP contribution in [0, 0.1) is 46.3 Å². The Morgan fingerprint density at radius 2 is 1.79 bits per heavy atom. The number of carbonyl (C=O) groups is 1. The second kappa shape index (κ2) is 8.64. The molecule has 194 valence electrons. The zero-order valence-electron chi connectivity index (χ0n) is 22.6. The zero-order valence-corrected chi connectivity index (χ0v) is 23.4. The number of halogens is 1. The molecule has 4 heteroatoms. The highest BCUT2D eigenvalue weighted by atomic mass is 35.5. The molecule has 1 heterocycles. The minimum atomic E-state index is -0.206. The molecule has 0 aromatic heterocycles. The summed E-state index contributed by atoms with van der Waals surface area (Å²) in [7, 11) is 0. The van der Waals surface area contributed by atoms with Crippen LogP contribution in [0.2, 0.25) is 0 Å². The first-order valence-corrected chi connectivity index (χ1v) is 15.0. The van der Waals surface area contributed by atoms with Crippen LogP contribution in [-0.4, -0.2) is 29.2 Å². The van der Waals surface area contributed by atoms with E-state index in [0.29, 0.717) is 11.3 Å². The quantitative estimate of drug-likeness (QED) is 0.207. The van der Waals surface area contributed by atoms with E-state index in [1.165, 1.54) is 51.9 Å². The van der Waals surface area contributed by atoms with E-state index in [1.54, 1.807) is 0 Å². The third-order valence-corrected chi connectivity index (χ3v) is 12.5. The molecule has 5 aliphatic rings. The Balaban J connectivity index is 1.37. The number of carbonyl (C=O) groups excluding carboxylic acids is 1. The van der Waals surface area contributed by atoms with Crippen molar-refractivity contribution in [3.05, 3.63) is 0 Å². The number of hydrogen-bond acceptors (Lipinski definition) is 3. The number of esters is 1. The van der Waals surface area contributed by atoms with Crippen LogP contribution in [-0.2, 0) is 14.3 Å². The van der Waals surface area contributed by atoms with Gasteiger partial charge in [-0.1, -0.05) is 53.9 Å². The number of hydrogen-bond donors (Lipinski definition) is 0. The van der Waals surface area contributed by atoms with Crippen molar-refractivity contribution in [2.24, 2.45) is 46.3 Å². The van der Waals surface area contributed by atoms with E-state index in [9.17, 15) is 4.79 Å². The van der Waals surface area contributed by atoms with Crippen molar-refractivity contribution in [1.29, 1.82) is 0 Å². The first-order valence-electron chi connectivity index (χ1n) is 14.5. The van der Waals surface area contributed by atoms with E-state index < -0.39 is 0 Å². The minimum Gasteiger partial charge on any atom is -0.462 e. The molecule has 0 N–H and O–H groups in total. The van der Waals surface area contributed by atoms with Crippen LogP contribution in [0.5, 0.6) is 0 Å². The molecule has 5 fully saturated rings. The first kappa shape index (κ1) is 25.4. The van der Waals surface area contributed by atoms with Crippen LogP contribution in [0.1, 0.15) is 112 Å². The van der Waals surface area contributed by atoms with Gasteiger partial charge in [0.25, 0.3) is 0 Å². The summed E-state index contributed by atoms with van der Waals surface area (Å²) < 4.78 is 12.5. The maximum absolute atomic E-state index is 11.7. The Labute approximate surface area is 213 Å². The first-order chi connectivity index (χ1) is 16.0. The van der Waals surface area contributed by atoms with Crippen molar-refractivity contribution >= 4 is 17.6 Å². The Kier molecular flexibility index (Phi) is 6.45. The van der Waals surface area contributed by atoms with E-state index >= 15 is 0 Å². The molecule has 1 aliphatic heterocycles. The predicted octanol–water partition coefficient (Wildman–Crippen LogP) is 7.78. The number of epoxide rings is 1. The molecule has 10 atom stereocenters. The Hall–Kier alpha value is -0.280. The lowest BCUT2D eigenvalue weighted by Crippen LogP contribution is -2.61. The summed E-state index contributed by atoms with van der Waals surface area (Å²) >= 11 is 6.73. The normalized spacial score (nSPS) is 50.1. The fourth-order valence-electron chi connectivity index (χ4n) is 10.5. The fraction of sp³-hybridized carbons (Fsp3) is 0.967. The summed E-state index contributed by atoms with van der Waals surface area (Å²) in [4.78, 5) is 11.7. The Bertz CT molecular complexity index is 798. The van der Waals surface area contributed by atoms with Gasteiger partial charge in [-0.2, -0.15) is 0 Å². The lowest BCUT2D eigenvalue weighted by molar-refractivity contribution is -0.158. The molecule has 0 aromatic carbocycles. The van der Waals surface area contributed by atoms with Gasteiger partial charge in [-0.05, 0) is 85.9 Å². The highest BCUT2D eigenvalue weighted by molar-refractivity contribution is 6.19. The summed E-state index contributed by atoms with van der Waals surface area (Å²) in [5.74, 6) is 5.21. The van der Waals surface area contributed by atoms with Gasteiger partial charge in [-0.25, -0.2) is 0 Å². The summed E-state index contributed by atoms with van der Waals surface area (Å²) in [6.07, 6.45) is 13.7. The van der Waals surface area contributed by atoms with Gasteiger partial charge in [0.15, 0.2) is 0 Å². The molecule has 4 saturated carbocycles. The van der Waals surface area contributed by atoms with Gasteiger partial charge >= 0.3 is 5.97 Å². The molecule has 0 radical (unpaired) electrons. The molecule has 1 spiro atoms. The molecule has 3 unspecified atom stereocenters. The average molecular weight is 493 g/mol. The molecule has 5 rings (SSSR count). The molecular formula is C30H49ClO3. The molecule has 0 bridgehead atoms. The van der Waals surface area contributed by atoms with Crippen LogP contribution < -0.4 is 0 Å². The lowest BCUT2D eigenvalue weighted by Gasteiger charge is -2.61. The minimum absolute atomic E-state index is 0.0105. The van der Waals surface area contributed by atoms with Crippen LogP contribution in [0.15, 0.2) is 0 Å². The van der Waals surface area contributed by atoms with Crippen molar-refractivity contribution in [1.82, 2.24) is 0 Å². The van der Waals surface area contributed by atoms with Gasteiger partial charge in [-0.3, -0.25) is 4.79 Å². The van der Waals surface area contributed by atoms with Gasteiger partial charge in [0.1, 0.15) is 17.3 Å². The van der Waals surface area contributed by atoms with E-state index in [2.05, 4.69) is 34.6 Å². The number of fused-ring (bicyclic) bond motifs is 4. The molecule has 0 aromatic rings. The van der Waals surface area contributed by atoms with Gasteiger partial charge in [0.05, 0.1) is 5.88 Å². The highest BCUT2D eigenvalue weighted by Gasteiger charge is 2.83. The molecule has 1 saturated heterocycles. The van der Waals surface area contributed by atoms with Crippen LogP contribution in [0.4, 0.5) is 0 Å². The van der Waals surface area contributed by atoms with E-state index in [-0.39, 0.29) is 28.7 Å². The van der Waals surface area contributed by atoms with Crippen molar-refractivity contribution < 1.29 is 14.3 Å². The number of ether oxygens (including phenoxy) is 2.